The summed E-state index contributed by atoms with van der Waals surface area (Å²) < 4.78 is 20.0. The minimum Gasteiger partial charge on any atom is -0.367 e. The van der Waals surface area contributed by atoms with Gasteiger partial charge in [-0.15, -0.1) is 6.42 Å². The van der Waals surface area contributed by atoms with Crippen LogP contribution in [0.3, 0.4) is 0 Å². The van der Waals surface area contributed by atoms with Gasteiger partial charge in [-0.05, 0) is 18.2 Å². The molecule has 1 aromatic carbocycles. The number of ether oxygens (including phenoxy) is 1. The number of benzene rings is 1. The molecule has 0 saturated carbocycles. The van der Waals surface area contributed by atoms with E-state index in [1.807, 2.05) is 0 Å². The van der Waals surface area contributed by atoms with Gasteiger partial charge >= 0.3 is 0 Å². The Morgan fingerprint density at radius 2 is 2.17 bits per heavy atom. The monoisotopic (exact) mass is 245 g/mol. The van der Waals surface area contributed by atoms with Crippen LogP contribution >= 0.6 is 0 Å². The zero-order valence-corrected chi connectivity index (χ0v) is 9.73. The maximum Gasteiger partial charge on any atom is 0.258 e. The first-order valence-electron chi connectivity index (χ1n) is 5.53. The molecule has 0 N–H and O–H groups in total. The molecular weight excluding hydrogens is 233 g/mol. The van der Waals surface area contributed by atoms with Gasteiger partial charge in [-0.2, -0.15) is 0 Å². The number of terminal acetylenes is 1. The minimum atomic E-state index is -0.389. The maximum absolute atomic E-state index is 13.5. The van der Waals surface area contributed by atoms with Crippen molar-refractivity contribution in [1.82, 2.24) is 4.57 Å². The Bertz CT molecular complexity index is 655. The standard InChI is InChI=1S/C14H12FNO2/c1-2-9-18-10-8-16-7-6-11-12(14(16)17)4-3-5-13(11)15/h1,3-7H,8-10H2. The molecule has 4 heteroatoms. The van der Waals surface area contributed by atoms with Crippen LogP contribution in [0.15, 0.2) is 35.3 Å². The van der Waals surface area contributed by atoms with Crippen LogP contribution in [0.5, 0.6) is 0 Å². The molecule has 0 atom stereocenters. The predicted octanol–water partition coefficient (Wildman–Crippen LogP) is 1.79. The molecule has 2 rings (SSSR count). The highest BCUT2D eigenvalue weighted by molar-refractivity contribution is 5.81. The highest BCUT2D eigenvalue weighted by atomic mass is 19.1. The second kappa shape index (κ2) is 5.48. The number of aromatic nitrogens is 1. The third-order valence-corrected chi connectivity index (χ3v) is 2.63. The smallest absolute Gasteiger partial charge is 0.258 e. The first-order valence-corrected chi connectivity index (χ1v) is 5.53. The molecule has 0 fully saturated rings. The fraction of sp³-hybridized carbons (Fsp3) is 0.214. The Morgan fingerprint density at radius 1 is 1.33 bits per heavy atom. The molecule has 18 heavy (non-hydrogen) atoms. The number of fused-ring (bicyclic) bond motifs is 1. The molecule has 92 valence electrons. The van der Waals surface area contributed by atoms with E-state index in [2.05, 4.69) is 5.92 Å². The molecule has 0 aliphatic carbocycles. The van der Waals surface area contributed by atoms with E-state index in [1.165, 1.54) is 16.7 Å². The Labute approximate surface area is 104 Å². The lowest BCUT2D eigenvalue weighted by atomic mass is 10.1. The van der Waals surface area contributed by atoms with Crippen LogP contribution in [-0.2, 0) is 11.3 Å². The fourth-order valence-corrected chi connectivity index (χ4v) is 1.75. The lowest BCUT2D eigenvalue weighted by Gasteiger charge is -2.07. The second-order valence-corrected chi connectivity index (χ2v) is 3.77. The van der Waals surface area contributed by atoms with E-state index in [9.17, 15) is 9.18 Å². The van der Waals surface area contributed by atoms with E-state index in [1.54, 1.807) is 18.3 Å². The Balaban J connectivity index is 2.29. The molecule has 3 nitrogen and oxygen atoms in total. The van der Waals surface area contributed by atoms with E-state index in [0.29, 0.717) is 23.9 Å². The second-order valence-electron chi connectivity index (χ2n) is 3.77. The summed E-state index contributed by atoms with van der Waals surface area (Å²) in [5.74, 6) is 1.96. The quantitative estimate of drug-likeness (QED) is 0.607. The van der Waals surface area contributed by atoms with Crippen molar-refractivity contribution in [3.05, 3.63) is 46.6 Å². The Hall–Kier alpha value is -2.12. The van der Waals surface area contributed by atoms with Crippen LogP contribution in [0, 0.1) is 18.2 Å². The lowest BCUT2D eigenvalue weighted by molar-refractivity contribution is 0.157. The Kier molecular flexibility index (Phi) is 3.75. The van der Waals surface area contributed by atoms with Gasteiger partial charge < -0.3 is 9.30 Å². The van der Waals surface area contributed by atoms with Crippen molar-refractivity contribution in [2.45, 2.75) is 6.54 Å². The van der Waals surface area contributed by atoms with Gasteiger partial charge in [0, 0.05) is 18.1 Å². The molecular formula is C14H12FNO2. The summed E-state index contributed by atoms with van der Waals surface area (Å²) in [6.07, 6.45) is 6.61. The van der Waals surface area contributed by atoms with Crippen LogP contribution in [-0.4, -0.2) is 17.8 Å². The van der Waals surface area contributed by atoms with Gasteiger partial charge in [-0.25, -0.2) is 4.39 Å². The summed E-state index contributed by atoms with van der Waals surface area (Å²) in [6.45, 7) is 0.967. The molecule has 1 heterocycles. The zero-order valence-electron chi connectivity index (χ0n) is 9.73. The minimum absolute atomic E-state index is 0.219. The van der Waals surface area contributed by atoms with Crippen molar-refractivity contribution >= 4 is 10.8 Å². The van der Waals surface area contributed by atoms with Crippen LogP contribution < -0.4 is 5.56 Å². The van der Waals surface area contributed by atoms with Crippen molar-refractivity contribution in [2.75, 3.05) is 13.2 Å². The van der Waals surface area contributed by atoms with E-state index < -0.39 is 0 Å². The zero-order chi connectivity index (χ0) is 13.0. The topological polar surface area (TPSA) is 31.2 Å². The average Bonchev–Trinajstić information content (AvgIpc) is 2.38. The normalized spacial score (nSPS) is 10.4. The molecule has 0 radical (unpaired) electrons. The first kappa shape index (κ1) is 12.3. The van der Waals surface area contributed by atoms with Crippen molar-refractivity contribution in [3.8, 4) is 12.3 Å². The van der Waals surface area contributed by atoms with Crippen molar-refractivity contribution in [1.29, 1.82) is 0 Å². The molecule has 0 bridgehead atoms. The van der Waals surface area contributed by atoms with E-state index in [0.717, 1.165) is 0 Å². The molecule has 2 aromatic rings. The van der Waals surface area contributed by atoms with E-state index in [-0.39, 0.29) is 18.0 Å². The number of halogens is 1. The predicted molar refractivity (Wildman–Crippen MR) is 67.8 cm³/mol. The summed E-state index contributed by atoms with van der Waals surface area (Å²) in [5, 5.41) is 0.706. The van der Waals surface area contributed by atoms with Crippen molar-refractivity contribution in [3.63, 3.8) is 0 Å². The number of nitrogens with zero attached hydrogens (tertiary/aromatic N) is 1. The number of pyridine rings is 1. The fourth-order valence-electron chi connectivity index (χ4n) is 1.75. The van der Waals surface area contributed by atoms with Gasteiger partial charge in [0.2, 0.25) is 0 Å². The molecule has 1 aromatic heterocycles. The van der Waals surface area contributed by atoms with Crippen LogP contribution in [0.25, 0.3) is 10.8 Å². The van der Waals surface area contributed by atoms with Gasteiger partial charge in [-0.1, -0.05) is 12.0 Å². The van der Waals surface area contributed by atoms with Crippen LogP contribution in [0.1, 0.15) is 0 Å². The van der Waals surface area contributed by atoms with Gasteiger partial charge in [-0.3, -0.25) is 4.79 Å². The average molecular weight is 245 g/mol. The van der Waals surface area contributed by atoms with E-state index >= 15 is 0 Å². The highest BCUT2D eigenvalue weighted by Gasteiger charge is 2.05. The molecule has 0 unspecified atom stereocenters. The van der Waals surface area contributed by atoms with Crippen LogP contribution in [0.2, 0.25) is 0 Å². The summed E-state index contributed by atoms with van der Waals surface area (Å²) >= 11 is 0. The summed E-state index contributed by atoms with van der Waals surface area (Å²) in [6, 6.07) is 6.06. The van der Waals surface area contributed by atoms with Gasteiger partial charge in [0.1, 0.15) is 12.4 Å². The molecule has 0 aliphatic rings. The van der Waals surface area contributed by atoms with Gasteiger partial charge in [0.05, 0.1) is 12.0 Å². The summed E-state index contributed by atoms with van der Waals surface area (Å²) in [4.78, 5) is 12.0. The molecule has 0 saturated heterocycles. The summed E-state index contributed by atoms with van der Waals surface area (Å²) in [7, 11) is 0. The largest absolute Gasteiger partial charge is 0.367 e. The molecule has 0 spiro atoms. The summed E-state index contributed by atoms with van der Waals surface area (Å²) in [5.41, 5.74) is -0.226. The third kappa shape index (κ3) is 2.41. The van der Waals surface area contributed by atoms with Crippen LogP contribution in [0.4, 0.5) is 4.39 Å². The Morgan fingerprint density at radius 3 is 2.94 bits per heavy atom. The van der Waals surface area contributed by atoms with Gasteiger partial charge in [0.25, 0.3) is 5.56 Å². The van der Waals surface area contributed by atoms with Gasteiger partial charge in [0.15, 0.2) is 0 Å². The maximum atomic E-state index is 13.5. The SMILES string of the molecule is C#CCOCCn1ccc2c(F)cccc2c1=O. The number of hydrogen-bond acceptors (Lipinski definition) is 2. The third-order valence-electron chi connectivity index (χ3n) is 2.63. The first-order chi connectivity index (χ1) is 8.74. The van der Waals surface area contributed by atoms with E-state index in [4.69, 9.17) is 11.2 Å². The highest BCUT2D eigenvalue weighted by Crippen LogP contribution is 2.13. The molecule has 0 aliphatic heterocycles. The van der Waals surface area contributed by atoms with Crippen molar-refractivity contribution < 1.29 is 9.13 Å². The number of hydrogen-bond donors (Lipinski definition) is 0. The molecule has 0 amide bonds. The lowest BCUT2D eigenvalue weighted by Crippen LogP contribution is -2.22. The van der Waals surface area contributed by atoms with Crippen molar-refractivity contribution in [2.24, 2.45) is 0 Å². The number of rotatable bonds is 4.